The fourth-order valence-corrected chi connectivity index (χ4v) is 2.38. The van der Waals surface area contributed by atoms with Crippen molar-refractivity contribution in [2.75, 3.05) is 5.32 Å². The number of anilines is 1. The van der Waals surface area contributed by atoms with Crippen LogP contribution in [0.5, 0.6) is 0 Å². The molecule has 0 radical (unpaired) electrons. The molecule has 1 N–H and O–H groups in total. The molecule has 0 saturated heterocycles. The number of halogens is 3. The zero-order valence-corrected chi connectivity index (χ0v) is 8.17. The molecular formula is C9H8F3NS. The van der Waals surface area contributed by atoms with Crippen LogP contribution in [-0.4, -0.2) is 11.0 Å². The van der Waals surface area contributed by atoms with Gasteiger partial charge in [0.25, 0.3) is 0 Å². The first-order valence-corrected chi connectivity index (χ1v) is 4.87. The molecule has 1 atom stereocenters. The van der Waals surface area contributed by atoms with Gasteiger partial charge in [0.1, 0.15) is 0 Å². The second-order valence-electron chi connectivity index (χ2n) is 3.25. The molecular weight excluding hydrogens is 211 g/mol. The molecule has 1 unspecified atom stereocenters. The van der Waals surface area contributed by atoms with E-state index in [0.717, 1.165) is 18.7 Å². The van der Waals surface area contributed by atoms with Crippen LogP contribution >= 0.6 is 11.8 Å². The predicted octanol–water partition coefficient (Wildman–Crippen LogP) is 3.48. The third kappa shape index (κ3) is 1.35. The molecule has 14 heavy (non-hydrogen) atoms. The molecule has 1 heterocycles. The third-order valence-electron chi connectivity index (χ3n) is 2.12. The van der Waals surface area contributed by atoms with Crippen molar-refractivity contribution in [1.29, 1.82) is 0 Å². The number of benzene rings is 1. The van der Waals surface area contributed by atoms with Gasteiger partial charge >= 0.3 is 6.18 Å². The van der Waals surface area contributed by atoms with Crippen molar-refractivity contribution in [2.45, 2.75) is 22.9 Å². The van der Waals surface area contributed by atoms with E-state index in [1.165, 1.54) is 0 Å². The Labute approximate surface area is 83.7 Å². The highest BCUT2D eigenvalue weighted by Crippen LogP contribution is 2.52. The summed E-state index contributed by atoms with van der Waals surface area (Å²) in [6.07, 6.45) is -4.25. The molecule has 0 bridgehead atoms. The first-order chi connectivity index (χ1) is 6.42. The van der Waals surface area contributed by atoms with E-state index in [1.54, 1.807) is 24.3 Å². The van der Waals surface area contributed by atoms with Gasteiger partial charge in [-0.1, -0.05) is 23.9 Å². The first-order valence-electron chi connectivity index (χ1n) is 4.05. The van der Waals surface area contributed by atoms with Crippen LogP contribution < -0.4 is 5.32 Å². The van der Waals surface area contributed by atoms with Gasteiger partial charge in [0.05, 0.1) is 0 Å². The molecule has 0 amide bonds. The summed E-state index contributed by atoms with van der Waals surface area (Å²) in [6.45, 7) is 1.15. The first kappa shape index (κ1) is 9.71. The van der Waals surface area contributed by atoms with Gasteiger partial charge in [-0.05, 0) is 19.1 Å². The largest absolute Gasteiger partial charge is 0.421 e. The van der Waals surface area contributed by atoms with Gasteiger partial charge in [0.15, 0.2) is 4.87 Å². The summed E-state index contributed by atoms with van der Waals surface area (Å²) in [5.74, 6) is 0. The lowest BCUT2D eigenvalue weighted by molar-refractivity contribution is -0.147. The van der Waals surface area contributed by atoms with E-state index in [1.807, 2.05) is 0 Å². The average molecular weight is 219 g/mol. The number of hydrogen-bond acceptors (Lipinski definition) is 2. The SMILES string of the molecule is CC1(C(F)(F)F)Nc2ccccc2S1. The Morgan fingerprint density at radius 1 is 1.29 bits per heavy atom. The molecule has 2 rings (SSSR count). The minimum absolute atomic E-state index is 0.553. The molecule has 0 saturated carbocycles. The van der Waals surface area contributed by atoms with Gasteiger partial charge in [0, 0.05) is 10.6 Å². The summed E-state index contributed by atoms with van der Waals surface area (Å²) in [4.78, 5) is -1.25. The minimum atomic E-state index is -4.25. The van der Waals surface area contributed by atoms with Crippen LogP contribution in [0, 0.1) is 0 Å². The van der Waals surface area contributed by atoms with Gasteiger partial charge < -0.3 is 5.32 Å². The maximum absolute atomic E-state index is 12.6. The standard InChI is InChI=1S/C9H8F3NS/c1-8(9(10,11)12)13-6-4-2-3-5-7(6)14-8/h2-5,13H,1H3. The van der Waals surface area contributed by atoms with Crippen LogP contribution in [0.3, 0.4) is 0 Å². The van der Waals surface area contributed by atoms with Crippen LogP contribution in [0.1, 0.15) is 6.92 Å². The van der Waals surface area contributed by atoms with Crippen LogP contribution in [-0.2, 0) is 0 Å². The maximum atomic E-state index is 12.6. The van der Waals surface area contributed by atoms with Crippen molar-refractivity contribution in [1.82, 2.24) is 0 Å². The highest BCUT2D eigenvalue weighted by molar-refractivity contribution is 8.01. The lowest BCUT2D eigenvalue weighted by Crippen LogP contribution is -2.43. The summed E-state index contributed by atoms with van der Waals surface area (Å²) in [6, 6.07) is 6.79. The molecule has 1 aliphatic heterocycles. The molecule has 0 aliphatic carbocycles. The van der Waals surface area contributed by atoms with E-state index < -0.39 is 11.0 Å². The zero-order chi connectivity index (χ0) is 10.4. The van der Waals surface area contributed by atoms with E-state index in [2.05, 4.69) is 5.32 Å². The van der Waals surface area contributed by atoms with Crippen LogP contribution in [0.25, 0.3) is 0 Å². The summed E-state index contributed by atoms with van der Waals surface area (Å²) < 4.78 is 37.9. The third-order valence-corrected chi connectivity index (χ3v) is 3.43. The Morgan fingerprint density at radius 2 is 1.93 bits per heavy atom. The molecule has 1 aliphatic rings. The van der Waals surface area contributed by atoms with Crippen LogP contribution in [0.2, 0.25) is 0 Å². The monoisotopic (exact) mass is 219 g/mol. The lowest BCUT2D eigenvalue weighted by atomic mass is 10.2. The molecule has 76 valence electrons. The number of thioether (sulfide) groups is 1. The minimum Gasteiger partial charge on any atom is -0.362 e. The molecule has 5 heteroatoms. The normalized spacial score (nSPS) is 25.7. The van der Waals surface area contributed by atoms with E-state index in [0.29, 0.717) is 10.6 Å². The highest BCUT2D eigenvalue weighted by atomic mass is 32.2. The number of hydrogen-bond donors (Lipinski definition) is 1. The molecule has 0 fully saturated rings. The number of alkyl halides is 3. The zero-order valence-electron chi connectivity index (χ0n) is 7.35. The Balaban J connectivity index is 2.35. The number of fused-ring (bicyclic) bond motifs is 1. The predicted molar refractivity (Wildman–Crippen MR) is 50.4 cm³/mol. The van der Waals surface area contributed by atoms with Crippen molar-refractivity contribution >= 4 is 17.4 Å². The van der Waals surface area contributed by atoms with Crippen molar-refractivity contribution in [2.24, 2.45) is 0 Å². The number of rotatable bonds is 0. The van der Waals surface area contributed by atoms with Gasteiger partial charge in [0.2, 0.25) is 0 Å². The number of para-hydroxylation sites is 1. The van der Waals surface area contributed by atoms with E-state index >= 15 is 0 Å². The summed E-state index contributed by atoms with van der Waals surface area (Å²) >= 11 is 0.809. The summed E-state index contributed by atoms with van der Waals surface area (Å²) in [7, 11) is 0. The molecule has 1 aromatic carbocycles. The topological polar surface area (TPSA) is 12.0 Å². The highest BCUT2D eigenvalue weighted by Gasteiger charge is 2.55. The van der Waals surface area contributed by atoms with Crippen molar-refractivity contribution in [3.8, 4) is 0 Å². The van der Waals surface area contributed by atoms with E-state index in [9.17, 15) is 13.2 Å². The van der Waals surface area contributed by atoms with Crippen molar-refractivity contribution < 1.29 is 13.2 Å². The van der Waals surface area contributed by atoms with Crippen LogP contribution in [0.15, 0.2) is 29.2 Å². The molecule has 0 aromatic heterocycles. The van der Waals surface area contributed by atoms with Crippen molar-refractivity contribution in [3.05, 3.63) is 24.3 Å². The summed E-state index contributed by atoms with van der Waals surface area (Å²) in [5.41, 5.74) is 0.553. The quantitative estimate of drug-likeness (QED) is 0.716. The van der Waals surface area contributed by atoms with Gasteiger partial charge in [-0.2, -0.15) is 13.2 Å². The summed E-state index contributed by atoms with van der Waals surface area (Å²) in [5, 5.41) is 2.49. The Morgan fingerprint density at radius 3 is 2.50 bits per heavy atom. The smallest absolute Gasteiger partial charge is 0.362 e. The Hall–Kier alpha value is -0.840. The molecule has 1 aromatic rings. The van der Waals surface area contributed by atoms with Gasteiger partial charge in [-0.15, -0.1) is 0 Å². The maximum Gasteiger partial charge on any atom is 0.421 e. The van der Waals surface area contributed by atoms with E-state index in [-0.39, 0.29) is 0 Å². The van der Waals surface area contributed by atoms with Crippen LogP contribution in [0.4, 0.5) is 18.9 Å². The fourth-order valence-electron chi connectivity index (χ4n) is 1.29. The Bertz CT molecular complexity index is 336. The molecule has 0 spiro atoms. The second kappa shape index (κ2) is 2.82. The van der Waals surface area contributed by atoms with Gasteiger partial charge in [-0.25, -0.2) is 0 Å². The lowest BCUT2D eigenvalue weighted by Gasteiger charge is -2.26. The second-order valence-corrected chi connectivity index (χ2v) is 4.71. The fraction of sp³-hybridized carbons (Fsp3) is 0.333. The average Bonchev–Trinajstić information content (AvgIpc) is 2.40. The number of nitrogens with one attached hydrogen (secondary N) is 1. The Kier molecular flexibility index (Phi) is 1.96. The molecule has 1 nitrogen and oxygen atoms in total. The van der Waals surface area contributed by atoms with Crippen molar-refractivity contribution in [3.63, 3.8) is 0 Å². The van der Waals surface area contributed by atoms with E-state index in [4.69, 9.17) is 0 Å². The van der Waals surface area contributed by atoms with Gasteiger partial charge in [-0.3, -0.25) is 0 Å².